The van der Waals surface area contributed by atoms with Crippen LogP contribution >= 0.6 is 0 Å². The molecule has 4 N–H and O–H groups in total. The van der Waals surface area contributed by atoms with E-state index >= 15 is 0 Å². The van der Waals surface area contributed by atoms with Crippen molar-refractivity contribution < 1.29 is 19.4 Å². The normalized spacial score (nSPS) is 10.6. The van der Waals surface area contributed by atoms with Crippen LogP contribution in [0, 0.1) is 0 Å². The molecule has 1 aromatic heterocycles. The number of carbonyl (C=O) groups is 1. The predicted octanol–water partition coefficient (Wildman–Crippen LogP) is 1.42. The van der Waals surface area contributed by atoms with E-state index in [2.05, 4.69) is 0 Å². The Bertz CT molecular complexity index is 515. The van der Waals surface area contributed by atoms with Gasteiger partial charge in [-0.25, -0.2) is 4.79 Å². The molecule has 0 aliphatic carbocycles. The number of nitrogens with two attached hydrogens (primary N) is 1. The topological polar surface area (TPSA) is 96.7 Å². The average Bonchev–Trinajstić information content (AvgIpc) is 2.59. The molecule has 0 aliphatic heterocycles. The maximum absolute atomic E-state index is 10.7. The van der Waals surface area contributed by atoms with Crippen LogP contribution < -0.4 is 5.73 Å². The number of rotatable bonds is 1. The van der Waals surface area contributed by atoms with Gasteiger partial charge in [0.15, 0.2) is 5.58 Å². The molecule has 5 heteroatoms. The number of benzene rings is 1. The Kier molecular flexibility index (Phi) is 1.60. The molecule has 0 spiro atoms. The van der Waals surface area contributed by atoms with Crippen molar-refractivity contribution in [3.05, 3.63) is 24.0 Å². The molecule has 0 aliphatic rings. The van der Waals surface area contributed by atoms with Gasteiger partial charge in [0, 0.05) is 0 Å². The molecule has 1 aromatic carbocycles. The Morgan fingerprint density at radius 1 is 1.50 bits per heavy atom. The highest BCUT2D eigenvalue weighted by atomic mass is 16.4. The molecule has 72 valence electrons. The van der Waals surface area contributed by atoms with Gasteiger partial charge in [-0.2, -0.15) is 0 Å². The summed E-state index contributed by atoms with van der Waals surface area (Å²) in [5.74, 6) is -1.55. The maximum Gasteiger partial charge on any atom is 0.339 e. The summed E-state index contributed by atoms with van der Waals surface area (Å²) in [6, 6.07) is 2.64. The van der Waals surface area contributed by atoms with E-state index in [4.69, 9.17) is 15.3 Å². The number of furan rings is 1. The number of nitrogen functional groups attached to an aromatic ring is 1. The first-order chi connectivity index (χ1) is 6.61. The minimum atomic E-state index is -1.22. The molecule has 0 unspecified atom stereocenters. The Balaban J connectivity index is 2.88. The highest BCUT2D eigenvalue weighted by Crippen LogP contribution is 2.33. The first kappa shape index (κ1) is 8.43. The number of carboxylic acid groups (broad SMARTS) is 1. The second-order valence-electron chi connectivity index (χ2n) is 2.83. The SMILES string of the molecule is Nc1cc(C(=O)O)c(O)c2ccoc12. The minimum Gasteiger partial charge on any atom is -0.506 e. The van der Waals surface area contributed by atoms with E-state index in [1.165, 1.54) is 18.4 Å². The van der Waals surface area contributed by atoms with Crippen molar-refractivity contribution in [1.29, 1.82) is 0 Å². The quantitative estimate of drug-likeness (QED) is 0.470. The zero-order valence-electron chi connectivity index (χ0n) is 7.02. The van der Waals surface area contributed by atoms with E-state index in [1.807, 2.05) is 0 Å². The number of hydrogen-bond donors (Lipinski definition) is 3. The maximum atomic E-state index is 10.7. The first-order valence-corrected chi connectivity index (χ1v) is 3.83. The second-order valence-corrected chi connectivity index (χ2v) is 2.83. The van der Waals surface area contributed by atoms with Gasteiger partial charge in [-0.05, 0) is 12.1 Å². The number of hydrogen-bond acceptors (Lipinski definition) is 4. The van der Waals surface area contributed by atoms with Crippen molar-refractivity contribution in [2.75, 3.05) is 5.73 Å². The van der Waals surface area contributed by atoms with Crippen molar-refractivity contribution in [2.24, 2.45) is 0 Å². The average molecular weight is 193 g/mol. The third-order valence-electron chi connectivity index (χ3n) is 1.97. The third-order valence-corrected chi connectivity index (χ3v) is 1.97. The summed E-state index contributed by atoms with van der Waals surface area (Å²) in [5, 5.41) is 18.6. The number of fused-ring (bicyclic) bond motifs is 1. The van der Waals surface area contributed by atoms with E-state index in [-0.39, 0.29) is 17.0 Å². The lowest BCUT2D eigenvalue weighted by Gasteiger charge is -2.02. The Morgan fingerprint density at radius 2 is 2.21 bits per heavy atom. The Morgan fingerprint density at radius 3 is 2.86 bits per heavy atom. The molecule has 0 amide bonds. The van der Waals surface area contributed by atoms with Crippen LogP contribution in [0.5, 0.6) is 5.75 Å². The number of aromatic carboxylic acids is 1. The van der Waals surface area contributed by atoms with Crippen LogP contribution in [-0.4, -0.2) is 16.2 Å². The lowest BCUT2D eigenvalue weighted by Crippen LogP contribution is -1.99. The number of aromatic hydroxyl groups is 1. The lowest BCUT2D eigenvalue weighted by atomic mass is 10.1. The molecular formula is C9H7NO4. The highest BCUT2D eigenvalue weighted by Gasteiger charge is 2.16. The molecule has 0 bridgehead atoms. The fraction of sp³-hybridized carbons (Fsp3) is 0. The van der Waals surface area contributed by atoms with E-state index < -0.39 is 5.97 Å². The standard InChI is InChI=1S/C9H7NO4/c10-6-3-5(9(12)13)7(11)4-1-2-14-8(4)6/h1-3,11H,10H2,(H,12,13). The number of carboxylic acids is 1. The van der Waals surface area contributed by atoms with Crippen molar-refractivity contribution in [3.8, 4) is 5.75 Å². The van der Waals surface area contributed by atoms with Crippen LogP contribution in [0.3, 0.4) is 0 Å². The summed E-state index contributed by atoms with van der Waals surface area (Å²) in [6.45, 7) is 0. The van der Waals surface area contributed by atoms with E-state index in [9.17, 15) is 9.90 Å². The van der Waals surface area contributed by atoms with Crippen molar-refractivity contribution in [2.45, 2.75) is 0 Å². The smallest absolute Gasteiger partial charge is 0.339 e. The molecule has 0 fully saturated rings. The minimum absolute atomic E-state index is 0.195. The fourth-order valence-electron chi connectivity index (χ4n) is 1.32. The molecule has 0 atom stereocenters. The van der Waals surface area contributed by atoms with Gasteiger partial charge in [0.05, 0.1) is 17.3 Å². The number of phenols is 1. The zero-order chi connectivity index (χ0) is 10.3. The summed E-state index contributed by atoms with van der Waals surface area (Å²) in [7, 11) is 0. The summed E-state index contributed by atoms with van der Waals surface area (Å²) < 4.78 is 4.99. The molecule has 0 radical (unpaired) electrons. The summed E-state index contributed by atoms with van der Waals surface area (Å²) in [5.41, 5.74) is 5.81. The zero-order valence-corrected chi connectivity index (χ0v) is 7.02. The van der Waals surface area contributed by atoms with Crippen LogP contribution in [0.4, 0.5) is 5.69 Å². The van der Waals surface area contributed by atoms with Crippen LogP contribution in [0.1, 0.15) is 10.4 Å². The van der Waals surface area contributed by atoms with Crippen LogP contribution in [0.25, 0.3) is 11.0 Å². The molecule has 14 heavy (non-hydrogen) atoms. The molecule has 0 saturated carbocycles. The van der Waals surface area contributed by atoms with Gasteiger partial charge in [-0.3, -0.25) is 0 Å². The van der Waals surface area contributed by atoms with Crippen molar-refractivity contribution in [1.82, 2.24) is 0 Å². The van der Waals surface area contributed by atoms with Gasteiger partial charge >= 0.3 is 5.97 Å². The van der Waals surface area contributed by atoms with Gasteiger partial charge in [0.1, 0.15) is 11.3 Å². The first-order valence-electron chi connectivity index (χ1n) is 3.83. The molecular weight excluding hydrogens is 186 g/mol. The third kappa shape index (κ3) is 0.990. The highest BCUT2D eigenvalue weighted by molar-refractivity contribution is 6.03. The summed E-state index contributed by atoms with van der Waals surface area (Å²) in [6.07, 6.45) is 1.34. The Labute approximate surface area is 78.4 Å². The van der Waals surface area contributed by atoms with Gasteiger partial charge < -0.3 is 20.4 Å². The van der Waals surface area contributed by atoms with E-state index in [0.717, 1.165) is 0 Å². The monoisotopic (exact) mass is 193 g/mol. The van der Waals surface area contributed by atoms with E-state index in [0.29, 0.717) is 11.0 Å². The summed E-state index contributed by atoms with van der Waals surface area (Å²) >= 11 is 0. The van der Waals surface area contributed by atoms with Gasteiger partial charge in [0.25, 0.3) is 0 Å². The van der Waals surface area contributed by atoms with Crippen LogP contribution in [0.2, 0.25) is 0 Å². The molecule has 2 aromatic rings. The molecule has 2 rings (SSSR count). The van der Waals surface area contributed by atoms with Gasteiger partial charge in [-0.15, -0.1) is 0 Å². The lowest BCUT2D eigenvalue weighted by molar-refractivity contribution is 0.0694. The van der Waals surface area contributed by atoms with Gasteiger partial charge in [-0.1, -0.05) is 0 Å². The van der Waals surface area contributed by atoms with Crippen molar-refractivity contribution >= 4 is 22.6 Å². The van der Waals surface area contributed by atoms with Crippen molar-refractivity contribution in [3.63, 3.8) is 0 Å². The molecule has 0 saturated heterocycles. The van der Waals surface area contributed by atoms with Crippen LogP contribution in [0.15, 0.2) is 22.8 Å². The molecule has 5 nitrogen and oxygen atoms in total. The number of anilines is 1. The van der Waals surface area contributed by atoms with E-state index in [1.54, 1.807) is 0 Å². The summed E-state index contributed by atoms with van der Waals surface area (Å²) in [4.78, 5) is 10.7. The second kappa shape index (κ2) is 2.66. The largest absolute Gasteiger partial charge is 0.506 e. The van der Waals surface area contributed by atoms with Crippen LogP contribution in [-0.2, 0) is 0 Å². The Hall–Kier alpha value is -2.17. The van der Waals surface area contributed by atoms with Gasteiger partial charge in [0.2, 0.25) is 0 Å². The fourth-order valence-corrected chi connectivity index (χ4v) is 1.32. The molecule has 1 heterocycles. The predicted molar refractivity (Wildman–Crippen MR) is 49.3 cm³/mol.